The quantitative estimate of drug-likeness (QED) is 0.519. The summed E-state index contributed by atoms with van der Waals surface area (Å²) >= 11 is 5.04. The molecule has 0 aromatic heterocycles. The van der Waals surface area contributed by atoms with Crippen LogP contribution in [0.5, 0.6) is 0 Å². The second kappa shape index (κ2) is 4.64. The Hall–Kier alpha value is -1.33. The van der Waals surface area contributed by atoms with Gasteiger partial charge in [0, 0.05) is 6.04 Å². The molecule has 0 heterocycles. The molecule has 68 valence electrons. The summed E-state index contributed by atoms with van der Waals surface area (Å²) in [6.07, 6.45) is 2.26. The third-order valence-corrected chi connectivity index (χ3v) is 2.09. The van der Waals surface area contributed by atoms with E-state index in [9.17, 15) is 0 Å². The highest BCUT2D eigenvalue weighted by Crippen LogP contribution is 2.18. The third-order valence-electron chi connectivity index (χ3n) is 1.72. The van der Waals surface area contributed by atoms with Gasteiger partial charge in [-0.05, 0) is 25.1 Å². The van der Waals surface area contributed by atoms with Gasteiger partial charge in [0.1, 0.15) is 13.1 Å². The monoisotopic (exact) mass is 194 g/mol. The summed E-state index contributed by atoms with van der Waals surface area (Å²) in [7, 11) is 0. The first-order valence-electron chi connectivity index (χ1n) is 4.07. The van der Waals surface area contributed by atoms with Gasteiger partial charge in [-0.15, -0.1) is 0 Å². The number of nitrogens with zero attached hydrogens (tertiary/aromatic N) is 3. The highest BCUT2D eigenvalue weighted by atomic mass is 32.1. The topological polar surface area (TPSA) is 62.9 Å². The maximum absolute atomic E-state index is 8.47. The first-order valence-corrected chi connectivity index (χ1v) is 4.48. The molecule has 1 fully saturated rings. The summed E-state index contributed by atoms with van der Waals surface area (Å²) in [5.41, 5.74) is 0. The molecule has 0 radical (unpaired) electrons. The minimum atomic E-state index is 0.173. The fraction of sp³-hybridized carbons (Fsp3) is 0.625. The van der Waals surface area contributed by atoms with E-state index in [2.05, 4.69) is 5.32 Å². The lowest BCUT2D eigenvalue weighted by atomic mass is 10.5. The lowest BCUT2D eigenvalue weighted by Crippen LogP contribution is -2.41. The number of hydrogen-bond donors (Lipinski definition) is 1. The Kier molecular flexibility index (Phi) is 3.48. The average molecular weight is 194 g/mol. The van der Waals surface area contributed by atoms with Crippen molar-refractivity contribution in [1.29, 1.82) is 10.5 Å². The Balaban J connectivity index is 2.38. The third kappa shape index (κ3) is 3.27. The van der Waals surface area contributed by atoms with Crippen LogP contribution in [0.4, 0.5) is 0 Å². The molecule has 0 bridgehead atoms. The zero-order valence-corrected chi connectivity index (χ0v) is 7.97. The molecule has 0 atom stereocenters. The summed E-state index contributed by atoms with van der Waals surface area (Å²) in [5, 5.41) is 20.5. The van der Waals surface area contributed by atoms with Crippen LogP contribution in [-0.4, -0.2) is 29.1 Å². The fourth-order valence-electron chi connectivity index (χ4n) is 0.864. The van der Waals surface area contributed by atoms with Crippen LogP contribution in [0.25, 0.3) is 0 Å². The molecule has 1 aliphatic carbocycles. The van der Waals surface area contributed by atoms with E-state index in [1.54, 1.807) is 4.90 Å². The molecule has 0 saturated heterocycles. The van der Waals surface area contributed by atoms with Crippen LogP contribution in [0.3, 0.4) is 0 Å². The lowest BCUT2D eigenvalue weighted by Gasteiger charge is -2.19. The van der Waals surface area contributed by atoms with Crippen LogP contribution >= 0.6 is 12.2 Å². The Labute approximate surface area is 82.7 Å². The predicted molar refractivity (Wildman–Crippen MR) is 51.6 cm³/mol. The molecule has 0 aliphatic heterocycles. The van der Waals surface area contributed by atoms with Gasteiger partial charge >= 0.3 is 0 Å². The van der Waals surface area contributed by atoms with E-state index >= 15 is 0 Å². The van der Waals surface area contributed by atoms with E-state index in [1.807, 2.05) is 12.1 Å². The number of rotatable bonds is 3. The molecule has 1 saturated carbocycles. The van der Waals surface area contributed by atoms with Crippen molar-refractivity contribution >= 4 is 17.3 Å². The van der Waals surface area contributed by atoms with Crippen molar-refractivity contribution in [1.82, 2.24) is 10.2 Å². The highest BCUT2D eigenvalue weighted by Gasteiger charge is 2.23. The van der Waals surface area contributed by atoms with E-state index in [0.29, 0.717) is 11.2 Å². The largest absolute Gasteiger partial charge is 0.360 e. The SMILES string of the molecule is N#CCN(CC#N)C(=S)NC1CC1. The molecule has 4 nitrogen and oxygen atoms in total. The Bertz CT molecular complexity index is 255. The van der Waals surface area contributed by atoms with Crippen LogP contribution in [0, 0.1) is 22.7 Å². The summed E-state index contributed by atoms with van der Waals surface area (Å²) in [6.45, 7) is 0.345. The molecular weight excluding hydrogens is 184 g/mol. The number of nitriles is 2. The molecule has 1 N–H and O–H groups in total. The van der Waals surface area contributed by atoms with Crippen LogP contribution in [-0.2, 0) is 0 Å². The van der Waals surface area contributed by atoms with Crippen molar-refractivity contribution in [2.75, 3.05) is 13.1 Å². The van der Waals surface area contributed by atoms with Crippen molar-refractivity contribution in [3.05, 3.63) is 0 Å². The van der Waals surface area contributed by atoms with Gasteiger partial charge in [0.05, 0.1) is 12.1 Å². The van der Waals surface area contributed by atoms with E-state index in [0.717, 1.165) is 12.8 Å². The summed E-state index contributed by atoms with van der Waals surface area (Å²) in [5.74, 6) is 0. The van der Waals surface area contributed by atoms with E-state index in [4.69, 9.17) is 22.7 Å². The van der Waals surface area contributed by atoms with Gasteiger partial charge < -0.3 is 10.2 Å². The molecule has 0 spiro atoms. The zero-order valence-electron chi connectivity index (χ0n) is 7.16. The molecule has 0 amide bonds. The zero-order chi connectivity index (χ0) is 9.68. The maximum Gasteiger partial charge on any atom is 0.170 e. The normalized spacial score (nSPS) is 14.0. The summed E-state index contributed by atoms with van der Waals surface area (Å²) < 4.78 is 0. The minimum Gasteiger partial charge on any atom is -0.360 e. The Morgan fingerprint density at radius 2 is 1.92 bits per heavy atom. The lowest BCUT2D eigenvalue weighted by molar-refractivity contribution is 0.509. The van der Waals surface area contributed by atoms with Crippen molar-refractivity contribution in [2.45, 2.75) is 18.9 Å². The molecule has 5 heteroatoms. The molecule has 0 aromatic rings. The average Bonchev–Trinajstić information content (AvgIpc) is 2.88. The van der Waals surface area contributed by atoms with Gasteiger partial charge in [-0.25, -0.2) is 0 Å². The van der Waals surface area contributed by atoms with Crippen molar-refractivity contribution in [2.24, 2.45) is 0 Å². The first kappa shape index (κ1) is 9.76. The second-order valence-corrected chi connectivity index (χ2v) is 3.28. The molecule has 1 rings (SSSR count). The number of hydrogen-bond acceptors (Lipinski definition) is 3. The number of thiocarbonyl (C=S) groups is 1. The van der Waals surface area contributed by atoms with E-state index in [-0.39, 0.29) is 13.1 Å². The van der Waals surface area contributed by atoms with Crippen molar-refractivity contribution in [3.63, 3.8) is 0 Å². The molecular formula is C8H10N4S. The summed E-state index contributed by atoms with van der Waals surface area (Å²) in [4.78, 5) is 1.56. The molecule has 1 aliphatic rings. The van der Waals surface area contributed by atoms with Gasteiger partial charge in [0.25, 0.3) is 0 Å². The highest BCUT2D eigenvalue weighted by molar-refractivity contribution is 7.80. The standard InChI is InChI=1S/C8H10N4S/c9-3-5-12(6-4-10)8(13)11-7-1-2-7/h7H,1-2,5-6H2,(H,11,13). The van der Waals surface area contributed by atoms with Crippen LogP contribution in [0.2, 0.25) is 0 Å². The van der Waals surface area contributed by atoms with Gasteiger partial charge in [-0.3, -0.25) is 0 Å². The van der Waals surface area contributed by atoms with Crippen molar-refractivity contribution in [3.8, 4) is 12.1 Å². The van der Waals surface area contributed by atoms with Gasteiger partial charge in [-0.1, -0.05) is 0 Å². The molecule has 13 heavy (non-hydrogen) atoms. The van der Waals surface area contributed by atoms with Crippen LogP contribution in [0.1, 0.15) is 12.8 Å². The first-order chi connectivity index (χ1) is 6.27. The number of nitrogens with one attached hydrogen (secondary N) is 1. The predicted octanol–water partition coefficient (Wildman–Crippen LogP) is 0.372. The minimum absolute atomic E-state index is 0.173. The molecule has 0 unspecified atom stereocenters. The second-order valence-electron chi connectivity index (χ2n) is 2.90. The van der Waals surface area contributed by atoms with Gasteiger partial charge in [0.15, 0.2) is 5.11 Å². The smallest absolute Gasteiger partial charge is 0.170 e. The van der Waals surface area contributed by atoms with Gasteiger partial charge in [-0.2, -0.15) is 10.5 Å². The van der Waals surface area contributed by atoms with E-state index in [1.165, 1.54) is 0 Å². The molecule has 0 aromatic carbocycles. The van der Waals surface area contributed by atoms with E-state index < -0.39 is 0 Å². The Morgan fingerprint density at radius 3 is 2.31 bits per heavy atom. The fourth-order valence-corrected chi connectivity index (χ4v) is 1.16. The maximum atomic E-state index is 8.47. The van der Waals surface area contributed by atoms with Gasteiger partial charge in [0.2, 0.25) is 0 Å². The van der Waals surface area contributed by atoms with Crippen LogP contribution in [0.15, 0.2) is 0 Å². The Morgan fingerprint density at radius 1 is 1.38 bits per heavy atom. The van der Waals surface area contributed by atoms with Crippen LogP contribution < -0.4 is 5.32 Å². The van der Waals surface area contributed by atoms with Crippen molar-refractivity contribution < 1.29 is 0 Å². The summed E-state index contributed by atoms with van der Waals surface area (Å²) in [6, 6.07) is 4.41.